The molecule has 5 rings (SSSR count). The Morgan fingerprint density at radius 2 is 1.89 bits per heavy atom. The third-order valence-corrected chi connectivity index (χ3v) is 5.78. The van der Waals surface area contributed by atoms with Crippen LogP contribution in [0.1, 0.15) is 0 Å². The number of hydrogen-bond acceptors (Lipinski definition) is 4. The van der Waals surface area contributed by atoms with Crippen LogP contribution in [0.15, 0.2) is 60.4 Å². The molecule has 0 saturated heterocycles. The summed E-state index contributed by atoms with van der Waals surface area (Å²) in [5, 5.41) is 5.50. The van der Waals surface area contributed by atoms with Crippen LogP contribution in [0.25, 0.3) is 43.8 Å². The first kappa shape index (κ1) is 16.2. The van der Waals surface area contributed by atoms with E-state index in [1.165, 1.54) is 10.9 Å². The van der Waals surface area contributed by atoms with Gasteiger partial charge >= 0.3 is 0 Å². The Labute approximate surface area is 160 Å². The number of nitrogens with two attached hydrogens (primary N) is 1. The van der Waals surface area contributed by atoms with Crippen LogP contribution in [-0.4, -0.2) is 25.6 Å². The highest BCUT2D eigenvalue weighted by Crippen LogP contribution is 2.36. The van der Waals surface area contributed by atoms with Gasteiger partial charge < -0.3 is 14.9 Å². The first-order valence-corrected chi connectivity index (χ1v) is 9.78. The molecule has 4 heterocycles. The van der Waals surface area contributed by atoms with Gasteiger partial charge in [-0.05, 0) is 18.2 Å². The monoisotopic (exact) mass is 373 g/mol. The number of thiazole rings is 1. The zero-order chi connectivity index (χ0) is 18.4. The fourth-order valence-corrected chi connectivity index (χ4v) is 4.52. The molecular formula is C21H19N5S. The van der Waals surface area contributed by atoms with Crippen molar-refractivity contribution in [2.45, 2.75) is 6.54 Å². The van der Waals surface area contributed by atoms with Gasteiger partial charge in [0.1, 0.15) is 10.7 Å². The minimum atomic E-state index is 0.615. The second-order valence-corrected chi connectivity index (χ2v) is 7.47. The maximum atomic E-state index is 5.79. The zero-order valence-corrected chi connectivity index (χ0v) is 15.8. The molecule has 5 nitrogen and oxygen atoms in total. The van der Waals surface area contributed by atoms with E-state index in [-0.39, 0.29) is 0 Å². The third kappa shape index (κ3) is 2.57. The van der Waals surface area contributed by atoms with Crippen molar-refractivity contribution in [3.8, 4) is 21.8 Å². The minimum Gasteiger partial charge on any atom is -0.345 e. The summed E-state index contributed by atoms with van der Waals surface area (Å²) in [5.41, 5.74) is 11.2. The van der Waals surface area contributed by atoms with Crippen molar-refractivity contribution >= 4 is 33.3 Å². The molecule has 0 amide bonds. The Hall–Kier alpha value is -2.96. The van der Waals surface area contributed by atoms with Crippen molar-refractivity contribution in [1.82, 2.24) is 19.1 Å². The van der Waals surface area contributed by atoms with Crippen LogP contribution in [0, 0.1) is 0 Å². The van der Waals surface area contributed by atoms with E-state index in [9.17, 15) is 0 Å². The Kier molecular flexibility index (Phi) is 3.81. The molecule has 134 valence electrons. The highest BCUT2D eigenvalue weighted by molar-refractivity contribution is 7.13. The minimum absolute atomic E-state index is 0.615. The van der Waals surface area contributed by atoms with Crippen molar-refractivity contribution in [2.75, 3.05) is 6.54 Å². The zero-order valence-electron chi connectivity index (χ0n) is 15.0. The first-order chi connectivity index (χ1) is 13.3. The van der Waals surface area contributed by atoms with E-state index in [1.54, 1.807) is 11.3 Å². The van der Waals surface area contributed by atoms with Gasteiger partial charge in [0.05, 0.1) is 5.69 Å². The molecule has 0 fully saturated rings. The summed E-state index contributed by atoms with van der Waals surface area (Å²) < 4.78 is 4.27. The molecule has 27 heavy (non-hydrogen) atoms. The van der Waals surface area contributed by atoms with Gasteiger partial charge in [0.15, 0.2) is 0 Å². The summed E-state index contributed by atoms with van der Waals surface area (Å²) in [6.07, 6.45) is 6.10. The molecule has 0 aliphatic carbocycles. The second-order valence-electron chi connectivity index (χ2n) is 6.61. The van der Waals surface area contributed by atoms with Crippen molar-refractivity contribution in [3.05, 3.63) is 60.4 Å². The number of fused-ring (bicyclic) bond motifs is 2. The largest absolute Gasteiger partial charge is 0.345 e. The lowest BCUT2D eigenvalue weighted by molar-refractivity contribution is 0.736. The summed E-state index contributed by atoms with van der Waals surface area (Å²) in [6.45, 7) is 1.41. The SMILES string of the molecule is Cn1cc(-c2csc(-c3cn(CCN)c4ccccc34)n2)c2cccnc21. The maximum Gasteiger partial charge on any atom is 0.140 e. The molecule has 1 aromatic carbocycles. The predicted molar refractivity (Wildman–Crippen MR) is 112 cm³/mol. The van der Waals surface area contributed by atoms with Crippen LogP contribution in [-0.2, 0) is 13.6 Å². The average molecular weight is 373 g/mol. The Morgan fingerprint density at radius 3 is 2.78 bits per heavy atom. The van der Waals surface area contributed by atoms with Gasteiger partial charge in [-0.15, -0.1) is 11.3 Å². The standard InChI is InChI=1S/C21H19N5S/c1-25-11-16(15-6-4-9-23-20(15)25)18-13-27-21(24-18)17-12-26(10-8-22)19-7-3-2-5-14(17)19/h2-7,9,11-13H,8,10,22H2,1H3. The molecule has 6 heteroatoms. The predicted octanol–water partition coefficient (Wildman–Crippen LogP) is 4.28. The molecule has 0 unspecified atom stereocenters. The lowest BCUT2D eigenvalue weighted by atomic mass is 10.1. The number of aromatic nitrogens is 4. The maximum absolute atomic E-state index is 5.79. The molecule has 4 aromatic heterocycles. The summed E-state index contributed by atoms with van der Waals surface area (Å²) in [4.78, 5) is 9.45. The van der Waals surface area contributed by atoms with E-state index >= 15 is 0 Å². The van der Waals surface area contributed by atoms with Crippen LogP contribution >= 0.6 is 11.3 Å². The number of benzene rings is 1. The van der Waals surface area contributed by atoms with Gasteiger partial charge in [0, 0.05) is 71.5 Å². The molecule has 0 aliphatic heterocycles. The van der Waals surface area contributed by atoms with Gasteiger partial charge in [-0.1, -0.05) is 18.2 Å². The molecule has 5 aromatic rings. The number of rotatable bonds is 4. The fraction of sp³-hybridized carbons (Fsp3) is 0.143. The van der Waals surface area contributed by atoms with Gasteiger partial charge in [0.2, 0.25) is 0 Å². The van der Waals surface area contributed by atoms with E-state index in [0.29, 0.717) is 6.54 Å². The van der Waals surface area contributed by atoms with Gasteiger partial charge in [-0.25, -0.2) is 9.97 Å². The van der Waals surface area contributed by atoms with Crippen LogP contribution < -0.4 is 5.73 Å². The average Bonchev–Trinajstić information content (AvgIpc) is 3.39. The summed E-state index contributed by atoms with van der Waals surface area (Å²) in [7, 11) is 2.02. The van der Waals surface area contributed by atoms with E-state index in [2.05, 4.69) is 62.2 Å². The van der Waals surface area contributed by atoms with Gasteiger partial charge in [-0.2, -0.15) is 0 Å². The van der Waals surface area contributed by atoms with E-state index in [1.807, 2.05) is 19.3 Å². The highest BCUT2D eigenvalue weighted by atomic mass is 32.1. The van der Waals surface area contributed by atoms with Crippen molar-refractivity contribution in [1.29, 1.82) is 0 Å². The molecule has 0 bridgehead atoms. The molecule has 0 spiro atoms. The molecule has 0 atom stereocenters. The summed E-state index contributed by atoms with van der Waals surface area (Å²) >= 11 is 1.68. The first-order valence-electron chi connectivity index (χ1n) is 8.90. The number of hydrogen-bond donors (Lipinski definition) is 1. The Balaban J connectivity index is 1.65. The van der Waals surface area contributed by atoms with Crippen molar-refractivity contribution < 1.29 is 0 Å². The molecular weight excluding hydrogens is 354 g/mol. The summed E-state index contributed by atoms with van der Waals surface area (Å²) in [6, 6.07) is 12.5. The highest BCUT2D eigenvalue weighted by Gasteiger charge is 2.16. The fourth-order valence-electron chi connectivity index (χ4n) is 3.68. The Morgan fingerprint density at radius 1 is 1.04 bits per heavy atom. The lowest BCUT2D eigenvalue weighted by Gasteiger charge is -2.01. The molecule has 0 aliphatic rings. The number of para-hydroxylation sites is 1. The van der Waals surface area contributed by atoms with Crippen LogP contribution in [0.5, 0.6) is 0 Å². The number of pyridine rings is 1. The normalized spacial score (nSPS) is 11.6. The lowest BCUT2D eigenvalue weighted by Crippen LogP contribution is -2.08. The van der Waals surface area contributed by atoms with Crippen molar-refractivity contribution in [3.63, 3.8) is 0 Å². The van der Waals surface area contributed by atoms with Crippen molar-refractivity contribution in [2.24, 2.45) is 12.8 Å². The molecule has 0 saturated carbocycles. The smallest absolute Gasteiger partial charge is 0.140 e. The van der Waals surface area contributed by atoms with E-state index in [4.69, 9.17) is 10.7 Å². The van der Waals surface area contributed by atoms with Gasteiger partial charge in [0.25, 0.3) is 0 Å². The topological polar surface area (TPSA) is 61.7 Å². The quantitative estimate of drug-likeness (QED) is 0.511. The van der Waals surface area contributed by atoms with Gasteiger partial charge in [-0.3, -0.25) is 0 Å². The third-order valence-electron chi connectivity index (χ3n) is 4.90. The van der Waals surface area contributed by atoms with E-state index < -0.39 is 0 Å². The summed E-state index contributed by atoms with van der Waals surface area (Å²) in [5.74, 6) is 0. The van der Waals surface area contributed by atoms with Crippen LogP contribution in [0.2, 0.25) is 0 Å². The van der Waals surface area contributed by atoms with Crippen LogP contribution in [0.4, 0.5) is 0 Å². The molecule has 0 radical (unpaired) electrons. The number of aryl methyl sites for hydroxylation is 1. The second kappa shape index (κ2) is 6.33. The Bertz CT molecular complexity index is 1260. The van der Waals surface area contributed by atoms with E-state index in [0.717, 1.165) is 39.4 Å². The molecule has 2 N–H and O–H groups in total. The van der Waals surface area contributed by atoms with Crippen LogP contribution in [0.3, 0.4) is 0 Å². The number of nitrogens with zero attached hydrogens (tertiary/aromatic N) is 4.